The Morgan fingerprint density at radius 2 is 1.69 bits per heavy atom. The summed E-state index contributed by atoms with van der Waals surface area (Å²) in [6.07, 6.45) is 0. The van der Waals surface area contributed by atoms with Gasteiger partial charge in [-0.05, 0) is 54.6 Å². The highest BCUT2D eigenvalue weighted by Gasteiger charge is 2.13. The van der Waals surface area contributed by atoms with Crippen LogP contribution in [0.4, 0.5) is 5.69 Å². The zero-order valence-corrected chi connectivity index (χ0v) is 17.8. The van der Waals surface area contributed by atoms with Gasteiger partial charge in [0.1, 0.15) is 5.75 Å². The number of benzene rings is 3. The van der Waals surface area contributed by atoms with Crippen molar-refractivity contribution in [1.82, 2.24) is 0 Å². The molecule has 0 radical (unpaired) electrons. The average Bonchev–Trinajstić information content (AvgIpc) is 2.72. The fraction of sp³-hybridized carbons (Fsp3) is 0.0909. The number of methoxy groups -OCH3 is 1. The van der Waals surface area contributed by atoms with Crippen molar-refractivity contribution in [2.45, 2.75) is 4.90 Å². The molecule has 0 atom stereocenters. The maximum Gasteiger partial charge on any atom is 0.257 e. The zero-order valence-electron chi connectivity index (χ0n) is 15.4. The van der Waals surface area contributed by atoms with Crippen LogP contribution in [0.1, 0.15) is 20.7 Å². The van der Waals surface area contributed by atoms with Crippen LogP contribution in [0.5, 0.6) is 5.75 Å². The number of hydrogen-bond acceptors (Lipinski definition) is 4. The maximum absolute atomic E-state index is 12.4. The summed E-state index contributed by atoms with van der Waals surface area (Å²) in [5.74, 6) is 0.518. The molecule has 0 unspecified atom stereocenters. The molecule has 7 heteroatoms. The predicted molar refractivity (Wildman–Crippen MR) is 119 cm³/mol. The number of hydrogen-bond donors (Lipinski definition) is 1. The van der Waals surface area contributed by atoms with Crippen LogP contribution in [0, 0.1) is 0 Å². The van der Waals surface area contributed by atoms with Gasteiger partial charge in [-0.15, -0.1) is 11.8 Å². The van der Waals surface area contributed by atoms with Crippen LogP contribution in [0.2, 0.25) is 10.0 Å². The zero-order chi connectivity index (χ0) is 20.8. The Balaban J connectivity index is 1.60. The minimum Gasteiger partial charge on any atom is -0.496 e. The van der Waals surface area contributed by atoms with Gasteiger partial charge in [-0.2, -0.15) is 0 Å². The monoisotopic (exact) mass is 445 g/mol. The molecule has 29 heavy (non-hydrogen) atoms. The largest absolute Gasteiger partial charge is 0.496 e. The van der Waals surface area contributed by atoms with Crippen molar-refractivity contribution in [3.05, 3.63) is 87.9 Å². The molecule has 3 aromatic rings. The smallest absolute Gasteiger partial charge is 0.257 e. The lowest BCUT2D eigenvalue weighted by atomic mass is 10.1. The van der Waals surface area contributed by atoms with Gasteiger partial charge in [0, 0.05) is 15.6 Å². The van der Waals surface area contributed by atoms with Gasteiger partial charge < -0.3 is 10.1 Å². The number of ketones is 1. The normalized spacial score (nSPS) is 10.4. The number of carbonyl (C=O) groups excluding carboxylic acids is 2. The van der Waals surface area contributed by atoms with E-state index in [2.05, 4.69) is 5.32 Å². The van der Waals surface area contributed by atoms with E-state index in [0.29, 0.717) is 27.6 Å². The highest BCUT2D eigenvalue weighted by molar-refractivity contribution is 8.00. The highest BCUT2D eigenvalue weighted by atomic mass is 35.5. The van der Waals surface area contributed by atoms with E-state index < -0.39 is 0 Å². The van der Waals surface area contributed by atoms with Crippen LogP contribution in [-0.2, 0) is 0 Å². The van der Waals surface area contributed by atoms with Crippen LogP contribution in [0.3, 0.4) is 0 Å². The third-order valence-electron chi connectivity index (χ3n) is 4.07. The van der Waals surface area contributed by atoms with Crippen molar-refractivity contribution in [2.24, 2.45) is 0 Å². The lowest BCUT2D eigenvalue weighted by Gasteiger charge is -2.09. The number of ether oxygens (including phenoxy) is 1. The van der Waals surface area contributed by atoms with E-state index in [1.165, 1.54) is 17.8 Å². The minimum atomic E-state index is -0.321. The van der Waals surface area contributed by atoms with Crippen LogP contribution >= 0.6 is 35.0 Å². The number of Topliss-reactive ketones (excluding diaryl/α,β-unsaturated/α-hetero) is 1. The Kier molecular flexibility index (Phi) is 7.20. The number of nitrogens with one attached hydrogen (secondary N) is 1. The first-order valence-corrected chi connectivity index (χ1v) is 10.4. The van der Waals surface area contributed by atoms with E-state index in [0.717, 1.165) is 4.90 Å². The van der Waals surface area contributed by atoms with Gasteiger partial charge in [-0.1, -0.05) is 35.3 Å². The Labute approximate surface area is 183 Å². The van der Waals surface area contributed by atoms with Gasteiger partial charge in [0.15, 0.2) is 5.78 Å². The highest BCUT2D eigenvalue weighted by Crippen LogP contribution is 2.25. The van der Waals surface area contributed by atoms with E-state index in [1.54, 1.807) is 43.5 Å². The summed E-state index contributed by atoms with van der Waals surface area (Å²) in [4.78, 5) is 25.7. The molecule has 148 valence electrons. The van der Waals surface area contributed by atoms with E-state index in [1.807, 2.05) is 24.3 Å². The van der Waals surface area contributed by atoms with Gasteiger partial charge in [-0.25, -0.2) is 0 Å². The average molecular weight is 446 g/mol. The molecule has 0 aromatic heterocycles. The van der Waals surface area contributed by atoms with Gasteiger partial charge in [0.2, 0.25) is 0 Å². The quantitative estimate of drug-likeness (QED) is 0.345. The molecule has 1 N–H and O–H groups in total. The van der Waals surface area contributed by atoms with Crippen molar-refractivity contribution in [1.29, 1.82) is 0 Å². The maximum atomic E-state index is 12.4. The van der Waals surface area contributed by atoms with Gasteiger partial charge in [-0.3, -0.25) is 9.59 Å². The number of amides is 1. The SMILES string of the molecule is COc1ccccc1C(=O)CSc1ccc(NC(=O)c2ccc(Cl)cc2Cl)cc1. The van der Waals surface area contributed by atoms with Crippen LogP contribution in [0.15, 0.2) is 71.6 Å². The summed E-state index contributed by atoms with van der Waals surface area (Å²) in [6.45, 7) is 0. The molecule has 3 aromatic carbocycles. The summed E-state index contributed by atoms with van der Waals surface area (Å²) in [5, 5.41) is 3.55. The Morgan fingerprint density at radius 3 is 2.38 bits per heavy atom. The fourth-order valence-corrected chi connectivity index (χ4v) is 3.88. The first-order chi connectivity index (χ1) is 14.0. The van der Waals surface area contributed by atoms with Crippen LogP contribution in [0.25, 0.3) is 0 Å². The summed E-state index contributed by atoms with van der Waals surface area (Å²) in [6, 6.07) is 19.1. The van der Waals surface area contributed by atoms with E-state index in [9.17, 15) is 9.59 Å². The van der Waals surface area contributed by atoms with Crippen molar-refractivity contribution < 1.29 is 14.3 Å². The lowest BCUT2D eigenvalue weighted by Crippen LogP contribution is -2.12. The third-order valence-corrected chi connectivity index (χ3v) is 5.63. The molecule has 0 saturated heterocycles. The topological polar surface area (TPSA) is 55.4 Å². The second-order valence-corrected chi connectivity index (χ2v) is 7.91. The first kappa shape index (κ1) is 21.2. The molecule has 0 fully saturated rings. The molecule has 0 spiro atoms. The fourth-order valence-electron chi connectivity index (χ4n) is 2.61. The van der Waals surface area contributed by atoms with Crippen molar-refractivity contribution in [3.63, 3.8) is 0 Å². The van der Waals surface area contributed by atoms with E-state index in [4.69, 9.17) is 27.9 Å². The Hall–Kier alpha value is -2.47. The second-order valence-electron chi connectivity index (χ2n) is 6.01. The third kappa shape index (κ3) is 5.54. The number of rotatable bonds is 7. The number of para-hydroxylation sites is 1. The standard InChI is InChI=1S/C22H17Cl2NO3S/c1-28-21-5-3-2-4-18(21)20(26)13-29-16-9-7-15(8-10-16)25-22(27)17-11-6-14(23)12-19(17)24/h2-12H,13H2,1H3,(H,25,27). The van der Waals surface area contributed by atoms with E-state index in [-0.39, 0.29) is 22.5 Å². The van der Waals surface area contributed by atoms with Crippen LogP contribution in [-0.4, -0.2) is 24.6 Å². The summed E-state index contributed by atoms with van der Waals surface area (Å²) in [7, 11) is 1.55. The molecule has 0 aliphatic rings. The summed E-state index contributed by atoms with van der Waals surface area (Å²) < 4.78 is 5.24. The number of anilines is 1. The van der Waals surface area contributed by atoms with Crippen molar-refractivity contribution in [3.8, 4) is 5.75 Å². The predicted octanol–water partition coefficient (Wildman–Crippen LogP) is 6.23. The van der Waals surface area contributed by atoms with Gasteiger partial charge in [0.05, 0.1) is 29.0 Å². The minimum absolute atomic E-state index is 0.0118. The molecule has 0 heterocycles. The van der Waals surface area contributed by atoms with Gasteiger partial charge in [0.25, 0.3) is 5.91 Å². The molecule has 0 aliphatic heterocycles. The first-order valence-electron chi connectivity index (χ1n) is 8.63. The molecule has 0 aliphatic carbocycles. The van der Waals surface area contributed by atoms with E-state index >= 15 is 0 Å². The van der Waals surface area contributed by atoms with Crippen molar-refractivity contribution in [2.75, 3.05) is 18.2 Å². The molecule has 1 amide bonds. The molecular weight excluding hydrogens is 429 g/mol. The molecular formula is C22H17Cl2NO3S. The number of halogens is 2. The second kappa shape index (κ2) is 9.83. The molecule has 0 bridgehead atoms. The number of thioether (sulfide) groups is 1. The molecule has 3 rings (SSSR count). The van der Waals surface area contributed by atoms with Crippen molar-refractivity contribution >= 4 is 52.3 Å². The molecule has 0 saturated carbocycles. The lowest BCUT2D eigenvalue weighted by molar-refractivity contribution is 0.101. The Morgan fingerprint density at radius 1 is 0.966 bits per heavy atom. The summed E-state index contributed by atoms with van der Waals surface area (Å²) >= 11 is 13.3. The van der Waals surface area contributed by atoms with Gasteiger partial charge >= 0.3 is 0 Å². The number of carbonyl (C=O) groups is 2. The Bertz CT molecular complexity index is 1040. The van der Waals surface area contributed by atoms with Crippen LogP contribution < -0.4 is 10.1 Å². The summed E-state index contributed by atoms with van der Waals surface area (Å²) in [5.41, 5.74) is 1.53. The molecule has 4 nitrogen and oxygen atoms in total.